The van der Waals surface area contributed by atoms with Crippen LogP contribution in [0.5, 0.6) is 0 Å². The van der Waals surface area contributed by atoms with Crippen LogP contribution < -0.4 is 0 Å². The Morgan fingerprint density at radius 3 is 2.50 bits per heavy atom. The molecule has 3 unspecified atom stereocenters. The Morgan fingerprint density at radius 2 is 2.06 bits per heavy atom. The summed E-state index contributed by atoms with van der Waals surface area (Å²) in [5, 5.41) is 7.89. The molecule has 3 fully saturated rings. The molecule has 0 radical (unpaired) electrons. The summed E-state index contributed by atoms with van der Waals surface area (Å²) >= 11 is 0. The molecule has 3 rings (SSSR count). The number of epoxide rings is 2. The van der Waals surface area contributed by atoms with E-state index in [9.17, 15) is 4.79 Å². The summed E-state index contributed by atoms with van der Waals surface area (Å²) in [4.78, 5) is 9.60. The summed E-state index contributed by atoms with van der Waals surface area (Å²) < 4.78 is 10.9. The van der Waals surface area contributed by atoms with Crippen LogP contribution in [0.2, 0.25) is 0 Å². The highest BCUT2D eigenvalue weighted by Crippen LogP contribution is 2.53. The number of aliphatic carboxylic acids is 1. The summed E-state index contributed by atoms with van der Waals surface area (Å²) in [5.74, 6) is -0.935. The topological polar surface area (TPSA) is 62.4 Å². The third kappa shape index (κ3) is 2.28. The average Bonchev–Trinajstić information content (AvgIpc) is 3.12. The van der Waals surface area contributed by atoms with Crippen molar-refractivity contribution in [3.8, 4) is 0 Å². The molecule has 0 aromatic rings. The molecule has 0 aromatic heterocycles. The van der Waals surface area contributed by atoms with Crippen LogP contribution in [-0.4, -0.2) is 35.5 Å². The van der Waals surface area contributed by atoms with Gasteiger partial charge in [-0.2, -0.15) is 0 Å². The van der Waals surface area contributed by atoms with Crippen LogP contribution >= 0.6 is 0 Å². The molecule has 0 spiro atoms. The minimum absolute atomic E-state index is 0.176. The maximum atomic E-state index is 9.60. The Bertz CT molecular complexity index is 296. The van der Waals surface area contributed by atoms with Crippen molar-refractivity contribution < 1.29 is 19.4 Å². The number of ether oxygens (including phenoxy) is 2. The lowest BCUT2D eigenvalue weighted by Crippen LogP contribution is -2.25. The van der Waals surface area contributed by atoms with E-state index in [1.807, 2.05) is 0 Å². The second-order valence-electron chi connectivity index (χ2n) is 4.71. The number of carboxylic acid groups (broad SMARTS) is 1. The molecular weight excluding hydrogens is 208 g/mol. The zero-order valence-electron chi connectivity index (χ0n) is 9.57. The summed E-state index contributed by atoms with van der Waals surface area (Å²) in [5.41, 5.74) is 0.410. The zero-order chi connectivity index (χ0) is 11.8. The van der Waals surface area contributed by atoms with E-state index in [1.54, 1.807) is 0 Å². The highest BCUT2D eigenvalue weighted by molar-refractivity contribution is 5.84. The molecule has 2 heterocycles. The van der Waals surface area contributed by atoms with E-state index in [0.717, 1.165) is 6.61 Å². The third-order valence-electron chi connectivity index (χ3n) is 3.38. The summed E-state index contributed by atoms with van der Waals surface area (Å²) in [6.45, 7) is 5.56. The summed E-state index contributed by atoms with van der Waals surface area (Å²) in [6, 6.07) is 0. The van der Waals surface area contributed by atoms with Crippen molar-refractivity contribution >= 4 is 5.97 Å². The van der Waals surface area contributed by atoms with E-state index in [1.165, 1.54) is 32.6 Å². The van der Waals surface area contributed by atoms with Gasteiger partial charge in [-0.05, 0) is 19.8 Å². The number of carbonyl (C=O) groups is 1. The van der Waals surface area contributed by atoms with E-state index in [-0.39, 0.29) is 11.2 Å². The molecule has 0 bridgehead atoms. The Kier molecular flexibility index (Phi) is 3.04. The van der Waals surface area contributed by atoms with E-state index in [4.69, 9.17) is 14.6 Å². The monoisotopic (exact) mass is 226 g/mol. The van der Waals surface area contributed by atoms with E-state index in [2.05, 4.69) is 6.58 Å². The van der Waals surface area contributed by atoms with Crippen molar-refractivity contribution in [3.63, 3.8) is 0 Å². The fraction of sp³-hybridized carbons (Fsp3) is 0.750. The van der Waals surface area contributed by atoms with Crippen molar-refractivity contribution in [3.05, 3.63) is 12.2 Å². The van der Waals surface area contributed by atoms with Crippen molar-refractivity contribution in [1.82, 2.24) is 0 Å². The maximum absolute atomic E-state index is 9.60. The molecule has 4 nitrogen and oxygen atoms in total. The van der Waals surface area contributed by atoms with Crippen molar-refractivity contribution in [1.29, 1.82) is 0 Å². The van der Waals surface area contributed by atoms with Gasteiger partial charge < -0.3 is 14.6 Å². The first-order valence-corrected chi connectivity index (χ1v) is 5.74. The minimum atomic E-state index is -0.935. The normalized spacial score (nSPS) is 38.8. The van der Waals surface area contributed by atoms with Crippen LogP contribution in [-0.2, 0) is 14.3 Å². The second kappa shape index (κ2) is 4.18. The smallest absolute Gasteiger partial charge is 0.330 e. The standard InChI is InChI=1S/C8H12O2.C4H6O2/c1-2-4-8(7-5-9-7)6(3-1)10-8;1-3(2)4(5)6/h6-7H,1-5H2;1H2,2H3,(H,5,6). The van der Waals surface area contributed by atoms with Gasteiger partial charge in [0.1, 0.15) is 11.7 Å². The van der Waals surface area contributed by atoms with Crippen molar-refractivity contribution in [2.24, 2.45) is 0 Å². The zero-order valence-corrected chi connectivity index (χ0v) is 9.57. The van der Waals surface area contributed by atoms with Gasteiger partial charge in [0.25, 0.3) is 0 Å². The lowest BCUT2D eigenvalue weighted by atomic mass is 9.87. The lowest BCUT2D eigenvalue weighted by molar-refractivity contribution is -0.132. The van der Waals surface area contributed by atoms with Crippen LogP contribution in [0.3, 0.4) is 0 Å². The van der Waals surface area contributed by atoms with Gasteiger partial charge in [-0.25, -0.2) is 4.79 Å². The van der Waals surface area contributed by atoms with Gasteiger partial charge in [0.05, 0.1) is 12.7 Å². The molecule has 1 aliphatic carbocycles. The first-order valence-electron chi connectivity index (χ1n) is 5.74. The molecule has 3 aliphatic rings. The van der Waals surface area contributed by atoms with Gasteiger partial charge in [0, 0.05) is 5.57 Å². The Balaban J connectivity index is 0.000000142. The number of hydrogen-bond acceptors (Lipinski definition) is 3. The van der Waals surface area contributed by atoms with E-state index >= 15 is 0 Å². The van der Waals surface area contributed by atoms with Crippen molar-refractivity contribution in [2.45, 2.75) is 50.4 Å². The molecule has 0 aromatic carbocycles. The quantitative estimate of drug-likeness (QED) is 0.575. The highest BCUT2D eigenvalue weighted by Gasteiger charge is 2.66. The van der Waals surface area contributed by atoms with Crippen LogP contribution in [0.25, 0.3) is 0 Å². The third-order valence-corrected chi connectivity index (χ3v) is 3.38. The largest absolute Gasteiger partial charge is 0.478 e. The van der Waals surface area contributed by atoms with Crippen LogP contribution in [0.1, 0.15) is 32.6 Å². The average molecular weight is 226 g/mol. The molecule has 2 aliphatic heterocycles. The summed E-state index contributed by atoms with van der Waals surface area (Å²) in [6.07, 6.45) is 6.30. The molecule has 4 heteroatoms. The predicted octanol–water partition coefficient (Wildman–Crippen LogP) is 1.74. The van der Waals surface area contributed by atoms with Gasteiger partial charge in [0.2, 0.25) is 0 Å². The molecule has 1 N–H and O–H groups in total. The van der Waals surface area contributed by atoms with E-state index < -0.39 is 5.97 Å². The van der Waals surface area contributed by atoms with Crippen molar-refractivity contribution in [2.75, 3.05) is 6.61 Å². The number of carboxylic acids is 1. The van der Waals surface area contributed by atoms with Gasteiger partial charge in [-0.3, -0.25) is 0 Å². The number of fused-ring (bicyclic) bond motifs is 1. The van der Waals surface area contributed by atoms with Gasteiger partial charge in [-0.1, -0.05) is 19.4 Å². The highest BCUT2D eigenvalue weighted by atomic mass is 16.7. The Hall–Kier alpha value is -0.870. The number of rotatable bonds is 2. The fourth-order valence-electron chi connectivity index (χ4n) is 2.26. The van der Waals surface area contributed by atoms with Crippen LogP contribution in [0, 0.1) is 0 Å². The molecule has 90 valence electrons. The Labute approximate surface area is 95.2 Å². The summed E-state index contributed by atoms with van der Waals surface area (Å²) in [7, 11) is 0. The first kappa shape index (κ1) is 11.6. The van der Waals surface area contributed by atoms with Crippen LogP contribution in [0.15, 0.2) is 12.2 Å². The SMILES string of the molecule is C1CCC2(C3CO3)OC2C1.C=C(C)C(=O)O. The molecule has 3 atom stereocenters. The molecule has 0 amide bonds. The van der Waals surface area contributed by atoms with Gasteiger partial charge in [0.15, 0.2) is 0 Å². The predicted molar refractivity (Wildman–Crippen MR) is 58.3 cm³/mol. The molecule has 1 saturated carbocycles. The van der Waals surface area contributed by atoms with Gasteiger partial charge >= 0.3 is 5.97 Å². The second-order valence-corrected chi connectivity index (χ2v) is 4.71. The molecule has 2 saturated heterocycles. The number of hydrogen-bond donors (Lipinski definition) is 1. The van der Waals surface area contributed by atoms with Gasteiger partial charge in [-0.15, -0.1) is 0 Å². The fourth-order valence-corrected chi connectivity index (χ4v) is 2.26. The molecule has 16 heavy (non-hydrogen) atoms. The van der Waals surface area contributed by atoms with E-state index in [0.29, 0.717) is 12.2 Å². The lowest BCUT2D eigenvalue weighted by Gasteiger charge is -2.13. The Morgan fingerprint density at radius 1 is 1.44 bits per heavy atom. The maximum Gasteiger partial charge on any atom is 0.330 e. The van der Waals surface area contributed by atoms with Crippen LogP contribution in [0.4, 0.5) is 0 Å². The first-order chi connectivity index (χ1) is 7.56. The molecular formula is C12H18O4. The minimum Gasteiger partial charge on any atom is -0.478 e.